The number of nitrogens with zero attached hydrogens (tertiary/aromatic N) is 1. The van der Waals surface area contributed by atoms with E-state index in [0.29, 0.717) is 5.02 Å². The smallest absolute Gasteiger partial charge is 0.258 e. The first-order valence-corrected chi connectivity index (χ1v) is 7.87. The van der Waals surface area contributed by atoms with E-state index in [0.717, 1.165) is 33.4 Å². The number of benzene rings is 3. The Hall–Kier alpha value is -2.91. The first-order valence-electron chi connectivity index (χ1n) is 7.49. The van der Waals surface area contributed by atoms with Crippen molar-refractivity contribution in [1.29, 1.82) is 0 Å². The third kappa shape index (κ3) is 2.39. The molecule has 0 fully saturated rings. The van der Waals surface area contributed by atoms with Crippen molar-refractivity contribution in [3.05, 3.63) is 98.6 Å². The van der Waals surface area contributed by atoms with Crippen molar-refractivity contribution >= 4 is 28.9 Å². The highest BCUT2D eigenvalue weighted by atomic mass is 35.5. The van der Waals surface area contributed by atoms with Gasteiger partial charge in [0.15, 0.2) is 0 Å². The molecular weight excluding hydrogens is 322 g/mol. The minimum atomic E-state index is -0.358. The van der Waals surface area contributed by atoms with Crippen molar-refractivity contribution in [2.45, 2.75) is 0 Å². The summed E-state index contributed by atoms with van der Waals surface area (Å²) in [6.45, 7) is 0. The number of non-ortho nitro benzene ring substituents is 1. The molecule has 1 aliphatic rings. The first-order chi connectivity index (χ1) is 11.6. The number of rotatable bonds is 2. The van der Waals surface area contributed by atoms with Crippen molar-refractivity contribution in [2.75, 3.05) is 0 Å². The highest BCUT2D eigenvalue weighted by molar-refractivity contribution is 6.30. The molecule has 0 saturated carbocycles. The van der Waals surface area contributed by atoms with Gasteiger partial charge in [0.1, 0.15) is 0 Å². The molecule has 1 aliphatic carbocycles. The van der Waals surface area contributed by atoms with Crippen LogP contribution in [0.1, 0.15) is 16.7 Å². The highest BCUT2D eigenvalue weighted by Crippen LogP contribution is 2.46. The minimum Gasteiger partial charge on any atom is -0.258 e. The molecule has 116 valence electrons. The molecule has 3 aromatic carbocycles. The number of hydrogen-bond donors (Lipinski definition) is 0. The number of fused-ring (bicyclic) bond motifs is 3. The Balaban J connectivity index is 1.95. The zero-order valence-electron chi connectivity index (χ0n) is 12.6. The molecule has 0 spiro atoms. The van der Waals surface area contributed by atoms with Gasteiger partial charge in [0.2, 0.25) is 0 Å². The van der Waals surface area contributed by atoms with Gasteiger partial charge in [-0.15, -0.1) is 0 Å². The lowest BCUT2D eigenvalue weighted by atomic mass is 10.0. The van der Waals surface area contributed by atoms with E-state index in [1.54, 1.807) is 12.1 Å². The van der Waals surface area contributed by atoms with Crippen molar-refractivity contribution in [2.24, 2.45) is 0 Å². The van der Waals surface area contributed by atoms with Gasteiger partial charge in [-0.25, -0.2) is 0 Å². The molecule has 3 nitrogen and oxygen atoms in total. The summed E-state index contributed by atoms with van der Waals surface area (Å²) in [7, 11) is 0. The van der Waals surface area contributed by atoms with Crippen LogP contribution in [-0.4, -0.2) is 4.92 Å². The first kappa shape index (κ1) is 14.7. The van der Waals surface area contributed by atoms with Crippen LogP contribution in [0.4, 0.5) is 5.69 Å². The average molecular weight is 334 g/mol. The summed E-state index contributed by atoms with van der Waals surface area (Å²) in [5.74, 6) is 0. The van der Waals surface area contributed by atoms with Gasteiger partial charge < -0.3 is 0 Å². The Labute approximate surface area is 144 Å². The molecule has 0 N–H and O–H groups in total. The van der Waals surface area contributed by atoms with Crippen LogP contribution in [0.2, 0.25) is 5.02 Å². The zero-order chi connectivity index (χ0) is 16.7. The molecule has 24 heavy (non-hydrogen) atoms. The molecule has 0 bridgehead atoms. The van der Waals surface area contributed by atoms with Crippen LogP contribution in [0.3, 0.4) is 0 Å². The maximum absolute atomic E-state index is 11.1. The van der Waals surface area contributed by atoms with E-state index in [-0.39, 0.29) is 10.6 Å². The van der Waals surface area contributed by atoms with E-state index in [4.69, 9.17) is 11.6 Å². The van der Waals surface area contributed by atoms with E-state index in [9.17, 15) is 10.1 Å². The SMILES string of the molecule is O=[N+]([O-])c1ccc2c(c1)/C(=C\c1ccc(Cl)cc1)c1ccccc1-2. The monoisotopic (exact) mass is 333 g/mol. The van der Waals surface area contributed by atoms with Crippen molar-refractivity contribution in [1.82, 2.24) is 0 Å². The minimum absolute atomic E-state index is 0.101. The fraction of sp³-hybridized carbons (Fsp3) is 0. The van der Waals surface area contributed by atoms with Crippen LogP contribution in [0.15, 0.2) is 66.7 Å². The number of hydrogen-bond acceptors (Lipinski definition) is 2. The second-order valence-corrected chi connectivity index (χ2v) is 6.08. The second kappa shape index (κ2) is 5.62. The van der Waals surface area contributed by atoms with Gasteiger partial charge in [0.05, 0.1) is 4.92 Å². The molecule has 4 heteroatoms. The maximum Gasteiger partial charge on any atom is 0.270 e. The van der Waals surface area contributed by atoms with Crippen molar-refractivity contribution in [3.63, 3.8) is 0 Å². The van der Waals surface area contributed by atoms with E-state index >= 15 is 0 Å². The Morgan fingerprint density at radius 2 is 1.50 bits per heavy atom. The molecule has 0 saturated heterocycles. The molecule has 0 amide bonds. The topological polar surface area (TPSA) is 43.1 Å². The van der Waals surface area contributed by atoms with Crippen LogP contribution >= 0.6 is 11.6 Å². The van der Waals surface area contributed by atoms with Crippen LogP contribution < -0.4 is 0 Å². The zero-order valence-corrected chi connectivity index (χ0v) is 13.3. The predicted octanol–water partition coefficient (Wildman–Crippen LogP) is 5.82. The molecule has 0 heterocycles. The van der Waals surface area contributed by atoms with Crippen LogP contribution in [-0.2, 0) is 0 Å². The summed E-state index contributed by atoms with van der Waals surface area (Å²) >= 11 is 5.95. The van der Waals surface area contributed by atoms with Gasteiger partial charge in [-0.2, -0.15) is 0 Å². The molecule has 3 aromatic rings. The highest BCUT2D eigenvalue weighted by Gasteiger charge is 2.25. The quantitative estimate of drug-likeness (QED) is 0.343. The molecule has 0 radical (unpaired) electrons. The van der Waals surface area contributed by atoms with Crippen LogP contribution in [0.5, 0.6) is 0 Å². The maximum atomic E-state index is 11.1. The van der Waals surface area contributed by atoms with E-state index in [2.05, 4.69) is 0 Å². The standard InChI is InChI=1S/C20H12ClNO2/c21-14-7-5-13(6-8-14)11-19-17-4-2-1-3-16(17)18-10-9-15(22(23)24)12-20(18)19/h1-12H/b19-11-. The molecule has 0 unspecified atom stereocenters. The van der Waals surface area contributed by atoms with Gasteiger partial charge >= 0.3 is 0 Å². The van der Waals surface area contributed by atoms with Crippen molar-refractivity contribution < 1.29 is 4.92 Å². The third-order valence-electron chi connectivity index (χ3n) is 4.19. The lowest BCUT2D eigenvalue weighted by Crippen LogP contribution is -1.89. The summed E-state index contributed by atoms with van der Waals surface area (Å²) in [6.07, 6.45) is 2.05. The lowest BCUT2D eigenvalue weighted by Gasteiger charge is -2.03. The van der Waals surface area contributed by atoms with Gasteiger partial charge in [-0.1, -0.05) is 48.0 Å². The van der Waals surface area contributed by atoms with Crippen molar-refractivity contribution in [3.8, 4) is 11.1 Å². The van der Waals surface area contributed by atoms with E-state index < -0.39 is 0 Å². The number of nitro groups is 1. The normalized spacial score (nSPS) is 13.6. The third-order valence-corrected chi connectivity index (χ3v) is 4.44. The van der Waals surface area contributed by atoms with Gasteiger partial charge in [0.25, 0.3) is 5.69 Å². The second-order valence-electron chi connectivity index (χ2n) is 5.64. The molecule has 0 atom stereocenters. The van der Waals surface area contributed by atoms with Gasteiger partial charge in [-0.05, 0) is 57.7 Å². The molecule has 0 aliphatic heterocycles. The van der Waals surface area contributed by atoms with Crippen LogP contribution in [0.25, 0.3) is 22.8 Å². The average Bonchev–Trinajstić information content (AvgIpc) is 2.90. The largest absolute Gasteiger partial charge is 0.270 e. The lowest BCUT2D eigenvalue weighted by molar-refractivity contribution is -0.384. The fourth-order valence-corrected chi connectivity index (χ4v) is 3.21. The Bertz CT molecular complexity index is 991. The van der Waals surface area contributed by atoms with Gasteiger partial charge in [-0.3, -0.25) is 10.1 Å². The summed E-state index contributed by atoms with van der Waals surface area (Å²) in [4.78, 5) is 10.8. The van der Waals surface area contributed by atoms with Crippen LogP contribution in [0, 0.1) is 10.1 Å². The Morgan fingerprint density at radius 3 is 2.21 bits per heavy atom. The summed E-state index contributed by atoms with van der Waals surface area (Å²) in [5.41, 5.74) is 6.20. The van der Waals surface area contributed by atoms with Gasteiger partial charge in [0, 0.05) is 17.2 Å². The molecular formula is C20H12ClNO2. The fourth-order valence-electron chi connectivity index (χ4n) is 3.08. The predicted molar refractivity (Wildman–Crippen MR) is 97.0 cm³/mol. The summed E-state index contributed by atoms with van der Waals surface area (Å²) in [6, 6.07) is 20.6. The van der Waals surface area contributed by atoms with E-state index in [1.807, 2.05) is 60.7 Å². The van der Waals surface area contributed by atoms with E-state index in [1.165, 1.54) is 0 Å². The Kier molecular flexibility index (Phi) is 3.44. The molecule has 4 rings (SSSR count). The summed E-state index contributed by atoms with van der Waals surface area (Å²) in [5, 5.41) is 11.8. The number of nitro benzene ring substituents is 1. The Morgan fingerprint density at radius 1 is 0.833 bits per heavy atom. The summed E-state index contributed by atoms with van der Waals surface area (Å²) < 4.78 is 0. The molecule has 0 aromatic heterocycles. The number of halogens is 1.